The molecular weight excluding hydrogens is 289 g/mol. The van der Waals surface area contributed by atoms with Crippen molar-refractivity contribution in [1.82, 2.24) is 0 Å². The fourth-order valence-corrected chi connectivity index (χ4v) is 2.03. The Morgan fingerprint density at radius 1 is 1.10 bits per heavy atom. The molecule has 0 saturated heterocycles. The SMILES string of the molecule is CP(OCC(O)CO)OOCC[N+](C)(C)CC(O)CO. The van der Waals surface area contributed by atoms with Crippen molar-refractivity contribution in [2.24, 2.45) is 0 Å². The Morgan fingerprint density at radius 3 is 2.25 bits per heavy atom. The fraction of sp³-hybridized carbons (Fsp3) is 1.00. The van der Waals surface area contributed by atoms with E-state index in [1.165, 1.54) is 0 Å². The Kier molecular flexibility index (Phi) is 10.8. The molecule has 0 amide bonds. The van der Waals surface area contributed by atoms with Crippen molar-refractivity contribution in [1.29, 1.82) is 0 Å². The topological polar surface area (TPSA) is 109 Å². The average Bonchev–Trinajstić information content (AvgIpc) is 2.40. The average molecular weight is 316 g/mol. The molecule has 0 heterocycles. The number of rotatable bonds is 12. The molecule has 0 aliphatic carbocycles. The van der Waals surface area contributed by atoms with Gasteiger partial charge in [0.1, 0.15) is 31.9 Å². The normalized spacial score (nSPS) is 16.9. The highest BCUT2D eigenvalue weighted by Gasteiger charge is 2.20. The summed E-state index contributed by atoms with van der Waals surface area (Å²) in [6.07, 6.45) is -1.67. The third-order valence-electron chi connectivity index (χ3n) is 2.51. The van der Waals surface area contributed by atoms with Gasteiger partial charge in [-0.2, -0.15) is 4.67 Å². The zero-order valence-corrected chi connectivity index (χ0v) is 13.2. The molecule has 0 aromatic heterocycles. The molecule has 0 aliphatic rings. The molecule has 4 N–H and O–H groups in total. The smallest absolute Gasteiger partial charge is 0.205 e. The zero-order valence-electron chi connectivity index (χ0n) is 12.3. The number of nitrogens with zero attached hydrogens (tertiary/aromatic N) is 1. The first-order valence-corrected chi connectivity index (χ1v) is 7.99. The third kappa shape index (κ3) is 10.8. The van der Waals surface area contributed by atoms with Crippen molar-refractivity contribution < 1.29 is 39.0 Å². The van der Waals surface area contributed by atoms with Crippen LogP contribution < -0.4 is 0 Å². The highest BCUT2D eigenvalue weighted by atomic mass is 31.2. The van der Waals surface area contributed by atoms with E-state index in [1.54, 1.807) is 6.66 Å². The summed E-state index contributed by atoms with van der Waals surface area (Å²) in [5.41, 5.74) is 0. The van der Waals surface area contributed by atoms with Crippen molar-refractivity contribution in [2.45, 2.75) is 12.2 Å². The van der Waals surface area contributed by atoms with E-state index in [0.717, 1.165) is 0 Å². The molecule has 0 spiro atoms. The number of hydrogen-bond donors (Lipinski definition) is 4. The van der Waals surface area contributed by atoms with E-state index in [9.17, 15) is 5.11 Å². The molecular formula is C11H27NO7P+. The van der Waals surface area contributed by atoms with Crippen LogP contribution in [0.1, 0.15) is 0 Å². The minimum absolute atomic E-state index is 0.00763. The van der Waals surface area contributed by atoms with Crippen LogP contribution in [0.2, 0.25) is 0 Å². The van der Waals surface area contributed by atoms with Gasteiger partial charge < -0.3 is 29.4 Å². The van der Waals surface area contributed by atoms with Gasteiger partial charge >= 0.3 is 0 Å². The van der Waals surface area contributed by atoms with Crippen LogP contribution in [-0.2, 0) is 14.1 Å². The van der Waals surface area contributed by atoms with Gasteiger partial charge in [-0.1, -0.05) is 0 Å². The van der Waals surface area contributed by atoms with Crippen molar-refractivity contribution in [3.63, 3.8) is 0 Å². The maximum absolute atomic E-state index is 9.39. The van der Waals surface area contributed by atoms with E-state index < -0.39 is 20.6 Å². The highest BCUT2D eigenvalue weighted by Crippen LogP contribution is 2.33. The molecule has 3 unspecified atom stereocenters. The Morgan fingerprint density at radius 2 is 1.70 bits per heavy atom. The van der Waals surface area contributed by atoms with Crippen molar-refractivity contribution in [3.05, 3.63) is 0 Å². The van der Waals surface area contributed by atoms with Crippen LogP contribution >= 0.6 is 8.38 Å². The lowest BCUT2D eigenvalue weighted by molar-refractivity contribution is -0.894. The molecule has 122 valence electrons. The van der Waals surface area contributed by atoms with Gasteiger partial charge in [-0.15, -0.1) is 0 Å². The predicted octanol–water partition coefficient (Wildman–Crippen LogP) is -1.32. The van der Waals surface area contributed by atoms with Crippen LogP contribution in [0.3, 0.4) is 0 Å². The molecule has 0 aliphatic heterocycles. The van der Waals surface area contributed by atoms with Crippen molar-refractivity contribution in [3.8, 4) is 0 Å². The standard InChI is InChI=1S/C11H27NO7P/c1-12(2,6-10(15)7-13)4-5-17-19-20(3)18-9-11(16)8-14/h10-11,13-16H,4-9H2,1-3H3/q+1. The van der Waals surface area contributed by atoms with Crippen LogP contribution in [0.4, 0.5) is 0 Å². The summed E-state index contributed by atoms with van der Waals surface area (Å²) in [7, 11) is 2.54. The highest BCUT2D eigenvalue weighted by molar-refractivity contribution is 7.46. The molecule has 0 aromatic carbocycles. The molecule has 9 heteroatoms. The van der Waals surface area contributed by atoms with Gasteiger partial charge in [0.05, 0.1) is 33.9 Å². The maximum Gasteiger partial charge on any atom is 0.205 e. The lowest BCUT2D eigenvalue weighted by Gasteiger charge is -2.31. The summed E-state index contributed by atoms with van der Waals surface area (Å²) >= 11 is 0. The number of likely N-dealkylation sites (N-methyl/N-ethyl adjacent to an activating group) is 1. The van der Waals surface area contributed by atoms with E-state index in [0.29, 0.717) is 24.2 Å². The monoisotopic (exact) mass is 316 g/mol. The van der Waals surface area contributed by atoms with Crippen LogP contribution in [0, 0.1) is 0 Å². The Balaban J connectivity index is 3.68. The van der Waals surface area contributed by atoms with E-state index >= 15 is 0 Å². The summed E-state index contributed by atoms with van der Waals surface area (Å²) in [6, 6.07) is 0. The van der Waals surface area contributed by atoms with E-state index in [2.05, 4.69) is 0 Å². The van der Waals surface area contributed by atoms with Gasteiger partial charge in [0, 0.05) is 6.66 Å². The second-order valence-corrected chi connectivity index (χ2v) is 6.43. The van der Waals surface area contributed by atoms with Crippen LogP contribution in [0.15, 0.2) is 0 Å². The van der Waals surface area contributed by atoms with Crippen LogP contribution in [0.5, 0.6) is 0 Å². The number of aliphatic hydroxyl groups is 4. The minimum atomic E-state index is -1.28. The predicted molar refractivity (Wildman–Crippen MR) is 73.9 cm³/mol. The number of aliphatic hydroxyl groups excluding tert-OH is 4. The summed E-state index contributed by atoms with van der Waals surface area (Å²) < 4.78 is 10.6. The van der Waals surface area contributed by atoms with Gasteiger partial charge in [0.25, 0.3) is 0 Å². The first kappa shape index (κ1) is 20.1. The van der Waals surface area contributed by atoms with Gasteiger partial charge in [0.2, 0.25) is 8.38 Å². The second-order valence-electron chi connectivity index (χ2n) is 5.15. The van der Waals surface area contributed by atoms with Crippen molar-refractivity contribution >= 4 is 8.38 Å². The summed E-state index contributed by atoms with van der Waals surface area (Å²) in [5.74, 6) is 0. The lowest BCUT2D eigenvalue weighted by atomic mass is 10.3. The van der Waals surface area contributed by atoms with E-state index in [-0.39, 0.29) is 19.8 Å². The molecule has 8 nitrogen and oxygen atoms in total. The molecule has 20 heavy (non-hydrogen) atoms. The van der Waals surface area contributed by atoms with Gasteiger partial charge in [0.15, 0.2) is 0 Å². The van der Waals surface area contributed by atoms with Crippen LogP contribution in [-0.4, -0.2) is 97.4 Å². The molecule has 0 aromatic rings. The van der Waals surface area contributed by atoms with Gasteiger partial charge in [-0.3, -0.25) is 0 Å². The third-order valence-corrected chi connectivity index (χ3v) is 3.34. The Hall–Kier alpha value is 0.110. The molecule has 0 radical (unpaired) electrons. The maximum atomic E-state index is 9.39. The largest absolute Gasteiger partial charge is 0.394 e. The zero-order chi connectivity index (χ0) is 15.6. The quantitative estimate of drug-likeness (QED) is 0.116. The molecule has 0 saturated carbocycles. The van der Waals surface area contributed by atoms with E-state index in [4.69, 9.17) is 29.4 Å². The Labute approximate surface area is 120 Å². The second kappa shape index (κ2) is 10.8. The minimum Gasteiger partial charge on any atom is -0.394 e. The van der Waals surface area contributed by atoms with Crippen molar-refractivity contribution in [2.75, 3.05) is 60.3 Å². The molecule has 0 bridgehead atoms. The van der Waals surface area contributed by atoms with Gasteiger partial charge in [-0.25, -0.2) is 4.89 Å². The number of quaternary nitrogens is 1. The van der Waals surface area contributed by atoms with Crippen LogP contribution in [0.25, 0.3) is 0 Å². The fourth-order valence-electron chi connectivity index (χ4n) is 1.38. The molecule has 0 fully saturated rings. The number of hydrogen-bond acceptors (Lipinski definition) is 7. The van der Waals surface area contributed by atoms with Gasteiger partial charge in [-0.05, 0) is 0 Å². The first-order valence-electron chi connectivity index (χ1n) is 6.37. The summed E-state index contributed by atoms with van der Waals surface area (Å²) in [5, 5.41) is 35.9. The summed E-state index contributed by atoms with van der Waals surface area (Å²) in [4.78, 5) is 5.01. The molecule has 0 rings (SSSR count). The summed E-state index contributed by atoms with van der Waals surface area (Å²) in [6.45, 7) is 2.37. The Bertz CT molecular complexity index is 245. The first-order chi connectivity index (χ1) is 9.30. The van der Waals surface area contributed by atoms with E-state index in [1.807, 2.05) is 14.1 Å². The lowest BCUT2D eigenvalue weighted by Crippen LogP contribution is -2.48. The molecule has 3 atom stereocenters.